The summed E-state index contributed by atoms with van der Waals surface area (Å²) in [6, 6.07) is 2.21. The molecule has 2 unspecified atom stereocenters. The Labute approximate surface area is 423 Å². The lowest BCUT2D eigenvalue weighted by Crippen LogP contribution is -2.50. The van der Waals surface area contributed by atoms with E-state index in [-0.39, 0.29) is 0 Å². The molecule has 6 nitrogen and oxygen atoms in total. The van der Waals surface area contributed by atoms with Crippen LogP contribution >= 0.6 is 0 Å². The maximum Gasteiger partial charge on any atom is 0.334 e. The van der Waals surface area contributed by atoms with Crippen molar-refractivity contribution in [1.29, 1.82) is 0 Å². The van der Waals surface area contributed by atoms with Crippen molar-refractivity contribution >= 4 is 17.1 Å². The van der Waals surface area contributed by atoms with Gasteiger partial charge in [-0.3, -0.25) is 0 Å². The van der Waals surface area contributed by atoms with Gasteiger partial charge in [-0.25, -0.2) is 0 Å². The van der Waals surface area contributed by atoms with Crippen LogP contribution in [0.4, 0.5) is 0 Å². The van der Waals surface area contributed by atoms with E-state index in [1.54, 1.807) is 0 Å². The quantitative estimate of drug-likeness (QED) is 0.0263. The van der Waals surface area contributed by atoms with Crippen molar-refractivity contribution in [2.24, 2.45) is 0 Å². The van der Waals surface area contributed by atoms with Crippen LogP contribution in [0, 0.1) is 0 Å². The van der Waals surface area contributed by atoms with Gasteiger partial charge in [0.2, 0.25) is 0 Å². The molecule has 0 saturated carbocycles. The minimum atomic E-state index is -2.22. The van der Waals surface area contributed by atoms with Gasteiger partial charge in [0.15, 0.2) is 0 Å². The molecule has 0 saturated heterocycles. The zero-order valence-electron chi connectivity index (χ0n) is 47.1. The molecule has 0 rings (SSSR count). The van der Waals surface area contributed by atoms with Gasteiger partial charge in [-0.2, -0.15) is 0 Å². The summed E-state index contributed by atoms with van der Waals surface area (Å²) >= 11 is 0. The molecule has 67 heavy (non-hydrogen) atoms. The van der Waals surface area contributed by atoms with E-state index in [4.69, 9.17) is 17.7 Å². The SMILES string of the molecule is CCCCC/C=C\CCCO[Si](C)(CCCC[N+](C)(CC)CCC[N+](C)(CC)CCCC[Si](C)(OCCC/C=C\CCCCC)OCCC/C=C\CCCCC)OCCC/C=C\CCCCC. The number of hydrogen-bond acceptors (Lipinski definition) is 4. The molecule has 0 aromatic heterocycles. The van der Waals surface area contributed by atoms with Gasteiger partial charge in [0, 0.05) is 32.8 Å². The normalized spacial score (nSPS) is 14.7. The van der Waals surface area contributed by atoms with E-state index in [2.05, 4.69) is 117 Å². The minimum absolute atomic E-state index is 0.827. The standard InChI is InChI=1S/C59H120N2O4Si2/c1-11-17-21-25-29-33-37-43-54-62-66(9,63-55-44-38-34-30-26-22-18-12-2)58-47-41-50-60(7,15-5)52-49-53-61(8,16-6)51-42-48-59-67(10,64-56-45-39-35-31-27-23-19-13-3)65-57-46-40-36-32-28-24-20-14-4/h29-36H,11-28,37-59H2,1-10H3/q+2/b33-29-,34-30-,35-31-,36-32-. The summed E-state index contributed by atoms with van der Waals surface area (Å²) in [6.07, 6.45) is 54.6. The van der Waals surface area contributed by atoms with Gasteiger partial charge in [0.25, 0.3) is 0 Å². The summed E-state index contributed by atoms with van der Waals surface area (Å²) < 4.78 is 29.2. The summed E-state index contributed by atoms with van der Waals surface area (Å²) in [5, 5.41) is 0. The number of unbranched alkanes of at least 4 members (excludes halogenated alkanes) is 18. The minimum Gasteiger partial charge on any atom is -0.394 e. The third kappa shape index (κ3) is 41.5. The Bertz CT molecular complexity index is 1040. The highest BCUT2D eigenvalue weighted by Crippen LogP contribution is 2.23. The fourth-order valence-electron chi connectivity index (χ4n) is 8.89. The predicted molar refractivity (Wildman–Crippen MR) is 303 cm³/mol. The van der Waals surface area contributed by atoms with Crippen molar-refractivity contribution < 1.29 is 26.7 Å². The Kier molecular flexibility index (Phi) is 45.7. The molecular formula is C59H120N2O4Si2+2. The van der Waals surface area contributed by atoms with Crippen LogP contribution in [0.2, 0.25) is 25.2 Å². The van der Waals surface area contributed by atoms with Crippen molar-refractivity contribution in [2.75, 3.05) is 79.8 Å². The van der Waals surface area contributed by atoms with E-state index in [1.165, 1.54) is 183 Å². The second kappa shape index (κ2) is 46.2. The molecule has 0 aromatic rings. The van der Waals surface area contributed by atoms with Crippen LogP contribution in [0.15, 0.2) is 48.6 Å². The first-order chi connectivity index (χ1) is 32.5. The number of rotatable bonds is 52. The Balaban J connectivity index is 5.08. The highest BCUT2D eigenvalue weighted by Gasteiger charge is 2.33. The van der Waals surface area contributed by atoms with Crippen molar-refractivity contribution in [3.63, 3.8) is 0 Å². The summed E-state index contributed by atoms with van der Waals surface area (Å²) in [5.74, 6) is 0. The highest BCUT2D eigenvalue weighted by molar-refractivity contribution is 6.66. The zero-order chi connectivity index (χ0) is 49.5. The average Bonchev–Trinajstić information content (AvgIpc) is 3.32. The number of allylic oxidation sites excluding steroid dienone is 8. The summed E-state index contributed by atoms with van der Waals surface area (Å²) in [6.45, 7) is 29.3. The molecule has 0 fully saturated rings. The van der Waals surface area contributed by atoms with E-state index in [1.807, 2.05) is 0 Å². The van der Waals surface area contributed by atoms with Crippen LogP contribution in [0.5, 0.6) is 0 Å². The molecule has 0 aliphatic carbocycles. The van der Waals surface area contributed by atoms with Crippen molar-refractivity contribution in [1.82, 2.24) is 0 Å². The van der Waals surface area contributed by atoms with Gasteiger partial charge in [-0.1, -0.05) is 128 Å². The van der Waals surface area contributed by atoms with Gasteiger partial charge in [0.1, 0.15) is 0 Å². The van der Waals surface area contributed by atoms with E-state index in [9.17, 15) is 0 Å². The first-order valence-electron chi connectivity index (χ1n) is 29.3. The van der Waals surface area contributed by atoms with Crippen LogP contribution in [0.1, 0.15) is 228 Å². The van der Waals surface area contributed by atoms with Crippen molar-refractivity contribution in [2.45, 2.75) is 253 Å². The second-order valence-corrected chi connectivity index (χ2v) is 27.8. The maximum atomic E-state index is 6.71. The lowest BCUT2D eigenvalue weighted by Gasteiger charge is -2.37. The molecular weight excluding hydrogens is 857 g/mol. The Hall–Kier alpha value is -0.846. The van der Waals surface area contributed by atoms with Gasteiger partial charge >= 0.3 is 17.1 Å². The zero-order valence-corrected chi connectivity index (χ0v) is 49.1. The van der Waals surface area contributed by atoms with E-state index >= 15 is 0 Å². The molecule has 0 amide bonds. The van der Waals surface area contributed by atoms with E-state index < -0.39 is 17.1 Å². The molecule has 0 N–H and O–H groups in total. The van der Waals surface area contributed by atoms with Gasteiger partial charge in [-0.05, 0) is 167 Å². The van der Waals surface area contributed by atoms with Crippen LogP contribution in [0.25, 0.3) is 0 Å². The average molecular weight is 978 g/mol. The molecule has 0 spiro atoms. The molecule has 0 bridgehead atoms. The molecule has 0 aromatic carbocycles. The van der Waals surface area contributed by atoms with Gasteiger partial charge in [0.05, 0.1) is 53.4 Å². The van der Waals surface area contributed by atoms with Crippen molar-refractivity contribution in [3.8, 4) is 0 Å². The molecule has 0 aliphatic heterocycles. The van der Waals surface area contributed by atoms with Crippen LogP contribution in [-0.4, -0.2) is 106 Å². The topological polar surface area (TPSA) is 36.9 Å². The van der Waals surface area contributed by atoms with Gasteiger partial charge < -0.3 is 26.7 Å². The third-order valence-corrected chi connectivity index (χ3v) is 20.1. The smallest absolute Gasteiger partial charge is 0.334 e. The van der Waals surface area contributed by atoms with E-state index in [0.29, 0.717) is 0 Å². The van der Waals surface area contributed by atoms with Crippen LogP contribution in [0.3, 0.4) is 0 Å². The first kappa shape index (κ1) is 66.2. The number of nitrogens with zero attached hydrogens (tertiary/aromatic N) is 2. The molecule has 396 valence electrons. The summed E-state index contributed by atoms with van der Waals surface area (Å²) in [5.41, 5.74) is 0. The fraction of sp³-hybridized carbons (Fsp3) is 0.864. The number of quaternary nitrogens is 2. The van der Waals surface area contributed by atoms with Crippen LogP contribution < -0.4 is 0 Å². The highest BCUT2D eigenvalue weighted by atomic mass is 28.4. The van der Waals surface area contributed by atoms with Crippen molar-refractivity contribution in [3.05, 3.63) is 48.6 Å². The Morgan fingerprint density at radius 3 is 0.776 bits per heavy atom. The Morgan fingerprint density at radius 1 is 0.299 bits per heavy atom. The molecule has 0 heterocycles. The largest absolute Gasteiger partial charge is 0.394 e. The van der Waals surface area contributed by atoms with Gasteiger partial charge in [-0.15, -0.1) is 0 Å². The molecule has 2 atom stereocenters. The maximum absolute atomic E-state index is 6.71. The van der Waals surface area contributed by atoms with Crippen LogP contribution in [-0.2, 0) is 17.7 Å². The first-order valence-corrected chi connectivity index (χ1v) is 34.4. The lowest BCUT2D eigenvalue weighted by molar-refractivity contribution is -0.926. The predicted octanol–water partition coefficient (Wildman–Crippen LogP) is 17.7. The molecule has 0 radical (unpaired) electrons. The number of hydrogen-bond donors (Lipinski definition) is 0. The monoisotopic (exact) mass is 977 g/mol. The summed E-state index contributed by atoms with van der Waals surface area (Å²) in [7, 11) is 0.567. The van der Waals surface area contributed by atoms with E-state index in [0.717, 1.165) is 89.9 Å². The third-order valence-electron chi connectivity index (χ3n) is 14.3. The molecule has 0 aliphatic rings. The lowest BCUT2D eigenvalue weighted by atomic mass is 10.2. The fourth-order valence-corrected chi connectivity index (χ4v) is 13.7. The summed E-state index contributed by atoms with van der Waals surface area (Å²) in [4.78, 5) is 0. The second-order valence-electron chi connectivity index (χ2n) is 21.1. The molecule has 8 heteroatoms. The Morgan fingerprint density at radius 2 is 0.537 bits per heavy atom.